The Morgan fingerprint density at radius 1 is 1.00 bits per heavy atom. The van der Waals surface area contributed by atoms with Gasteiger partial charge in [-0.3, -0.25) is 9.59 Å². The van der Waals surface area contributed by atoms with Gasteiger partial charge in [0.25, 0.3) is 0 Å². The van der Waals surface area contributed by atoms with Gasteiger partial charge in [0.1, 0.15) is 16.2 Å². The normalized spacial score (nSPS) is 10.8. The number of thioether (sulfide) groups is 1. The summed E-state index contributed by atoms with van der Waals surface area (Å²) in [5.41, 5.74) is 3.78. The Morgan fingerprint density at radius 3 is 2.48 bits per heavy atom. The second-order valence-electron chi connectivity index (χ2n) is 6.73. The van der Waals surface area contributed by atoms with Crippen LogP contribution >= 0.6 is 23.1 Å². The molecule has 4 rings (SSSR count). The van der Waals surface area contributed by atoms with Gasteiger partial charge in [-0.2, -0.15) is 0 Å². The predicted octanol–water partition coefficient (Wildman–Crippen LogP) is 4.75. The van der Waals surface area contributed by atoms with Gasteiger partial charge in [-0.25, -0.2) is 4.98 Å². The average Bonchev–Trinajstić information content (AvgIpc) is 3.14. The number of thiazole rings is 1. The first-order valence-electron chi connectivity index (χ1n) is 9.49. The van der Waals surface area contributed by atoms with E-state index in [4.69, 9.17) is 0 Å². The number of fused-ring (bicyclic) bond motifs is 1. The summed E-state index contributed by atoms with van der Waals surface area (Å²) < 4.78 is 0.963. The summed E-state index contributed by atoms with van der Waals surface area (Å²) in [6, 6.07) is 16.9. The first kappa shape index (κ1) is 21.0. The van der Waals surface area contributed by atoms with Gasteiger partial charge in [-0.15, -0.1) is 21.5 Å². The van der Waals surface area contributed by atoms with Gasteiger partial charge in [0.05, 0.1) is 15.5 Å². The summed E-state index contributed by atoms with van der Waals surface area (Å²) in [4.78, 5) is 28.3. The van der Waals surface area contributed by atoms with Gasteiger partial charge in [-0.05, 0) is 25.1 Å². The maximum atomic E-state index is 12.5. The highest BCUT2D eigenvalue weighted by atomic mass is 32.2. The second kappa shape index (κ2) is 9.23. The predicted molar refractivity (Wildman–Crippen MR) is 125 cm³/mol. The van der Waals surface area contributed by atoms with Gasteiger partial charge in [-0.1, -0.05) is 48.2 Å². The van der Waals surface area contributed by atoms with Crippen molar-refractivity contribution < 1.29 is 9.59 Å². The monoisotopic (exact) mass is 449 g/mol. The van der Waals surface area contributed by atoms with Gasteiger partial charge in [0, 0.05) is 23.9 Å². The van der Waals surface area contributed by atoms with Gasteiger partial charge < -0.3 is 10.6 Å². The van der Waals surface area contributed by atoms with E-state index >= 15 is 0 Å². The van der Waals surface area contributed by atoms with Crippen LogP contribution in [0, 0.1) is 6.92 Å². The Morgan fingerprint density at radius 2 is 1.74 bits per heavy atom. The minimum Gasteiger partial charge on any atom is -0.326 e. The van der Waals surface area contributed by atoms with Crippen LogP contribution in [-0.4, -0.2) is 32.7 Å². The Balaban J connectivity index is 1.49. The molecule has 2 aromatic carbocycles. The zero-order valence-electron chi connectivity index (χ0n) is 16.9. The number of nitrogens with one attached hydrogen (secondary N) is 2. The van der Waals surface area contributed by atoms with Crippen molar-refractivity contribution in [3.63, 3.8) is 0 Å². The quantitative estimate of drug-likeness (QED) is 0.412. The molecule has 2 N–H and O–H groups in total. The number of hydrogen-bond donors (Lipinski definition) is 2. The molecular weight excluding hydrogens is 430 g/mol. The van der Waals surface area contributed by atoms with Gasteiger partial charge in [0.2, 0.25) is 11.8 Å². The number of anilines is 2. The van der Waals surface area contributed by atoms with E-state index in [0.717, 1.165) is 26.5 Å². The zero-order chi connectivity index (χ0) is 21.8. The number of hydrogen-bond acceptors (Lipinski definition) is 7. The molecule has 156 valence electrons. The van der Waals surface area contributed by atoms with Crippen LogP contribution in [0.3, 0.4) is 0 Å². The first-order valence-corrected chi connectivity index (χ1v) is 11.3. The van der Waals surface area contributed by atoms with E-state index in [1.807, 2.05) is 37.3 Å². The highest BCUT2D eigenvalue weighted by molar-refractivity contribution is 8.00. The lowest BCUT2D eigenvalue weighted by Gasteiger charge is -2.08. The van der Waals surface area contributed by atoms with Crippen LogP contribution in [0.1, 0.15) is 11.9 Å². The summed E-state index contributed by atoms with van der Waals surface area (Å²) in [6.07, 6.45) is 0. The van der Waals surface area contributed by atoms with Gasteiger partial charge in [0.15, 0.2) is 0 Å². The molecule has 0 unspecified atom stereocenters. The van der Waals surface area contributed by atoms with E-state index in [-0.39, 0.29) is 17.6 Å². The van der Waals surface area contributed by atoms with Crippen molar-refractivity contribution in [2.45, 2.75) is 18.9 Å². The first-order chi connectivity index (χ1) is 15.0. The van der Waals surface area contributed by atoms with Crippen LogP contribution in [-0.2, 0) is 9.59 Å². The highest BCUT2D eigenvalue weighted by Crippen LogP contribution is 2.35. The molecule has 0 aliphatic rings. The molecule has 0 aliphatic carbocycles. The standard InChI is InChI=1S/C22H19N5O2S2/c1-13(28)23-16-9-6-10-17(11-16)25-18(29)12-30-22-20-21(31-14(2)24-20)19(26-27-22)15-7-4-3-5-8-15/h3-11H,12H2,1-2H3,(H,23,28)(H,25,29). The molecule has 2 heterocycles. The summed E-state index contributed by atoms with van der Waals surface area (Å²) in [5, 5.41) is 15.9. The van der Waals surface area contributed by atoms with Crippen LogP contribution in [0.5, 0.6) is 0 Å². The molecular formula is C22H19N5O2S2. The molecule has 0 radical (unpaired) electrons. The Bertz CT molecular complexity index is 1260. The molecule has 7 nitrogen and oxygen atoms in total. The molecule has 31 heavy (non-hydrogen) atoms. The lowest BCUT2D eigenvalue weighted by Crippen LogP contribution is -2.14. The number of amides is 2. The summed E-state index contributed by atoms with van der Waals surface area (Å²) >= 11 is 2.87. The minimum absolute atomic E-state index is 0.162. The number of aromatic nitrogens is 3. The van der Waals surface area contributed by atoms with E-state index in [0.29, 0.717) is 16.4 Å². The minimum atomic E-state index is -0.181. The Hall–Kier alpha value is -3.30. The second-order valence-corrected chi connectivity index (χ2v) is 8.90. The largest absolute Gasteiger partial charge is 0.326 e. The van der Waals surface area contributed by atoms with Crippen molar-refractivity contribution in [1.82, 2.24) is 15.2 Å². The summed E-state index contributed by atoms with van der Waals surface area (Å²) in [5.74, 6) is -0.187. The number of carbonyl (C=O) groups is 2. The van der Waals surface area contributed by atoms with Crippen molar-refractivity contribution in [2.24, 2.45) is 0 Å². The van der Waals surface area contributed by atoms with E-state index in [1.165, 1.54) is 18.7 Å². The van der Waals surface area contributed by atoms with Gasteiger partial charge >= 0.3 is 0 Å². The van der Waals surface area contributed by atoms with Crippen LogP contribution < -0.4 is 10.6 Å². The molecule has 9 heteroatoms. The van der Waals surface area contributed by atoms with Crippen molar-refractivity contribution in [1.29, 1.82) is 0 Å². The average molecular weight is 450 g/mol. The lowest BCUT2D eigenvalue weighted by atomic mass is 10.1. The maximum absolute atomic E-state index is 12.5. The van der Waals surface area contributed by atoms with Crippen LogP contribution in [0.25, 0.3) is 21.5 Å². The van der Waals surface area contributed by atoms with E-state index in [2.05, 4.69) is 25.8 Å². The smallest absolute Gasteiger partial charge is 0.234 e. The number of carbonyl (C=O) groups excluding carboxylic acids is 2. The topological polar surface area (TPSA) is 96.9 Å². The van der Waals surface area contributed by atoms with Crippen LogP contribution in [0.15, 0.2) is 59.6 Å². The SMILES string of the molecule is CC(=O)Nc1cccc(NC(=O)CSc2nnc(-c3ccccc3)c3sc(C)nc23)c1. The van der Waals surface area contributed by atoms with Crippen molar-refractivity contribution >= 4 is 56.5 Å². The Labute approximate surface area is 187 Å². The number of aryl methyl sites for hydroxylation is 1. The molecule has 0 saturated carbocycles. The van der Waals surface area contributed by atoms with Crippen LogP contribution in [0.4, 0.5) is 11.4 Å². The number of benzene rings is 2. The molecule has 2 amide bonds. The molecule has 0 spiro atoms. The fourth-order valence-electron chi connectivity index (χ4n) is 3.01. The molecule has 0 aliphatic heterocycles. The third-order valence-corrected chi connectivity index (χ3v) is 6.18. The third kappa shape index (κ3) is 5.07. The molecule has 0 atom stereocenters. The Kier molecular flexibility index (Phi) is 6.24. The molecule has 0 fully saturated rings. The number of nitrogens with zero attached hydrogens (tertiary/aromatic N) is 3. The van der Waals surface area contributed by atoms with Crippen molar-refractivity contribution in [3.05, 3.63) is 59.6 Å². The van der Waals surface area contributed by atoms with E-state index in [9.17, 15) is 9.59 Å². The molecule has 2 aromatic heterocycles. The molecule has 0 saturated heterocycles. The summed E-state index contributed by atoms with van der Waals surface area (Å²) in [6.45, 7) is 3.38. The summed E-state index contributed by atoms with van der Waals surface area (Å²) in [7, 11) is 0. The molecule has 4 aromatic rings. The number of rotatable bonds is 6. The van der Waals surface area contributed by atoms with E-state index < -0.39 is 0 Å². The fraction of sp³-hybridized carbons (Fsp3) is 0.136. The van der Waals surface area contributed by atoms with Crippen LogP contribution in [0.2, 0.25) is 0 Å². The third-order valence-electron chi connectivity index (χ3n) is 4.25. The van der Waals surface area contributed by atoms with Crippen molar-refractivity contribution in [3.8, 4) is 11.3 Å². The lowest BCUT2D eigenvalue weighted by molar-refractivity contribution is -0.114. The zero-order valence-corrected chi connectivity index (χ0v) is 18.5. The molecule has 0 bridgehead atoms. The van der Waals surface area contributed by atoms with Crippen molar-refractivity contribution in [2.75, 3.05) is 16.4 Å². The fourth-order valence-corrected chi connectivity index (χ4v) is 4.73. The van der Waals surface area contributed by atoms with E-state index in [1.54, 1.807) is 35.6 Å². The highest BCUT2D eigenvalue weighted by Gasteiger charge is 2.17. The maximum Gasteiger partial charge on any atom is 0.234 e.